The minimum Gasteiger partial charge on any atom is -0.493 e. The molecular weight excluding hydrogens is 432 g/mol. The molecule has 2 aromatic rings. The molecule has 0 aliphatic carbocycles. The second-order valence-corrected chi connectivity index (χ2v) is 9.20. The molecule has 0 radical (unpaired) electrons. The number of hydrogen-bond donors (Lipinski definition) is 1. The molecule has 4 rings (SSSR count). The van der Waals surface area contributed by atoms with Crippen molar-refractivity contribution >= 4 is 12.3 Å². The van der Waals surface area contributed by atoms with Crippen LogP contribution in [0, 0.1) is 5.41 Å². The summed E-state index contributed by atoms with van der Waals surface area (Å²) in [6, 6.07) is 9.56. The first-order valence-corrected chi connectivity index (χ1v) is 11.9. The van der Waals surface area contributed by atoms with Gasteiger partial charge in [-0.15, -0.1) is 0 Å². The monoisotopic (exact) mass is 466 g/mol. The van der Waals surface area contributed by atoms with Crippen LogP contribution in [0.15, 0.2) is 42.7 Å². The standard InChI is InChI=1S/C26H34N4O4/c1-33-23-6-5-21(16-24(23)34-2)22(28-19-31)7-12-29-13-8-26(9-14-29)10-15-30(25(26)32)18-20-4-3-11-27-17-20/h3-6,11,16-17,19,22H,7-10,12-15,18H2,1-2H3,(H,28,31). The molecule has 2 fully saturated rings. The molecule has 1 atom stereocenters. The van der Waals surface area contributed by atoms with Crippen LogP contribution in [0.3, 0.4) is 0 Å². The summed E-state index contributed by atoms with van der Waals surface area (Å²) in [7, 11) is 3.21. The molecular formula is C26H34N4O4. The summed E-state index contributed by atoms with van der Waals surface area (Å²) in [5.74, 6) is 1.60. The number of rotatable bonds is 10. The van der Waals surface area contributed by atoms with Gasteiger partial charge in [0, 0.05) is 32.0 Å². The number of amides is 2. The summed E-state index contributed by atoms with van der Waals surface area (Å²) in [5, 5.41) is 2.94. The normalized spacial score (nSPS) is 18.6. The third-order valence-corrected chi connectivity index (χ3v) is 7.32. The number of aromatic nitrogens is 1. The number of likely N-dealkylation sites (tertiary alicyclic amines) is 2. The Morgan fingerprint density at radius 3 is 2.56 bits per heavy atom. The zero-order valence-electron chi connectivity index (χ0n) is 20.0. The summed E-state index contributed by atoms with van der Waals surface area (Å²) in [6.07, 6.45) is 7.83. The highest BCUT2D eigenvalue weighted by molar-refractivity contribution is 5.85. The van der Waals surface area contributed by atoms with Gasteiger partial charge in [-0.1, -0.05) is 12.1 Å². The van der Waals surface area contributed by atoms with Crippen molar-refractivity contribution in [2.75, 3.05) is 40.4 Å². The second kappa shape index (κ2) is 10.9. The van der Waals surface area contributed by atoms with E-state index in [4.69, 9.17) is 9.47 Å². The summed E-state index contributed by atoms with van der Waals surface area (Å²) < 4.78 is 10.7. The van der Waals surface area contributed by atoms with Crippen molar-refractivity contribution in [1.82, 2.24) is 20.1 Å². The van der Waals surface area contributed by atoms with E-state index in [-0.39, 0.29) is 11.5 Å². The number of hydrogen-bond acceptors (Lipinski definition) is 6. The van der Waals surface area contributed by atoms with Crippen molar-refractivity contribution < 1.29 is 19.1 Å². The maximum absolute atomic E-state index is 13.3. The summed E-state index contributed by atoms with van der Waals surface area (Å²) in [4.78, 5) is 33.1. The van der Waals surface area contributed by atoms with Gasteiger partial charge in [0.05, 0.1) is 25.7 Å². The Hall–Kier alpha value is -3.13. The predicted molar refractivity (Wildman–Crippen MR) is 128 cm³/mol. The maximum Gasteiger partial charge on any atom is 0.229 e. The van der Waals surface area contributed by atoms with E-state index in [0.717, 1.165) is 69.4 Å². The van der Waals surface area contributed by atoms with Crippen LogP contribution < -0.4 is 14.8 Å². The van der Waals surface area contributed by atoms with Gasteiger partial charge < -0.3 is 24.6 Å². The van der Waals surface area contributed by atoms with E-state index in [2.05, 4.69) is 15.2 Å². The van der Waals surface area contributed by atoms with Gasteiger partial charge in [-0.05, 0) is 68.1 Å². The van der Waals surface area contributed by atoms with Gasteiger partial charge in [0.25, 0.3) is 0 Å². The fourth-order valence-corrected chi connectivity index (χ4v) is 5.23. The van der Waals surface area contributed by atoms with Crippen molar-refractivity contribution in [2.24, 2.45) is 5.41 Å². The number of nitrogens with one attached hydrogen (secondary N) is 1. The summed E-state index contributed by atoms with van der Waals surface area (Å²) >= 11 is 0. The Kier molecular flexibility index (Phi) is 7.67. The third kappa shape index (κ3) is 5.17. The van der Waals surface area contributed by atoms with Gasteiger partial charge in [-0.3, -0.25) is 14.6 Å². The number of nitrogens with zero attached hydrogens (tertiary/aromatic N) is 3. The first kappa shape index (κ1) is 24.0. The van der Waals surface area contributed by atoms with E-state index in [1.54, 1.807) is 20.4 Å². The molecule has 1 N–H and O–H groups in total. The molecule has 1 aromatic carbocycles. The second-order valence-electron chi connectivity index (χ2n) is 9.20. The highest BCUT2D eigenvalue weighted by Gasteiger charge is 2.47. The van der Waals surface area contributed by atoms with Crippen molar-refractivity contribution in [3.63, 3.8) is 0 Å². The zero-order chi connectivity index (χ0) is 24.0. The number of methoxy groups -OCH3 is 2. The molecule has 8 nitrogen and oxygen atoms in total. The van der Waals surface area contributed by atoms with Gasteiger partial charge in [0.1, 0.15) is 0 Å². The number of pyridine rings is 1. The summed E-state index contributed by atoms with van der Waals surface area (Å²) in [5.41, 5.74) is 1.84. The number of carbonyl (C=O) groups excluding carboxylic acids is 2. The van der Waals surface area contributed by atoms with Gasteiger partial charge in [0.15, 0.2) is 11.5 Å². The molecule has 2 saturated heterocycles. The molecule has 2 aliphatic heterocycles. The Labute approximate surface area is 201 Å². The topological polar surface area (TPSA) is 84.0 Å². The number of ether oxygens (including phenoxy) is 2. The van der Waals surface area contributed by atoms with Crippen LogP contribution >= 0.6 is 0 Å². The Balaban J connectivity index is 1.32. The number of carbonyl (C=O) groups is 2. The SMILES string of the molecule is COc1ccc(C(CCN2CCC3(CC2)CCN(Cc2cccnc2)C3=O)NC=O)cc1OC. The van der Waals surface area contributed by atoms with Crippen LogP contribution in [0.4, 0.5) is 0 Å². The summed E-state index contributed by atoms with van der Waals surface area (Å²) in [6.45, 7) is 4.10. The molecule has 1 unspecified atom stereocenters. The van der Waals surface area contributed by atoms with E-state index in [1.165, 1.54) is 0 Å². The van der Waals surface area contributed by atoms with Crippen molar-refractivity contribution in [3.05, 3.63) is 53.9 Å². The molecule has 1 spiro atoms. The van der Waals surface area contributed by atoms with E-state index < -0.39 is 0 Å². The third-order valence-electron chi connectivity index (χ3n) is 7.32. The largest absolute Gasteiger partial charge is 0.493 e. The highest BCUT2D eigenvalue weighted by Crippen LogP contribution is 2.42. The predicted octanol–water partition coefficient (Wildman–Crippen LogP) is 2.79. The first-order chi connectivity index (χ1) is 16.6. The lowest BCUT2D eigenvalue weighted by atomic mass is 9.77. The minimum absolute atomic E-state index is 0.115. The van der Waals surface area contributed by atoms with Crippen LogP contribution in [0.1, 0.15) is 42.9 Å². The Bertz CT molecular complexity index is 976. The van der Waals surface area contributed by atoms with Crippen LogP contribution in [0.25, 0.3) is 0 Å². The van der Waals surface area contributed by atoms with E-state index in [0.29, 0.717) is 24.0 Å². The lowest BCUT2D eigenvalue weighted by Crippen LogP contribution is -2.45. The molecule has 8 heteroatoms. The van der Waals surface area contributed by atoms with Gasteiger partial charge in [0.2, 0.25) is 12.3 Å². The quantitative estimate of drug-likeness (QED) is 0.542. The number of benzene rings is 1. The smallest absolute Gasteiger partial charge is 0.229 e. The van der Waals surface area contributed by atoms with Crippen LogP contribution in [0.5, 0.6) is 11.5 Å². The van der Waals surface area contributed by atoms with Crippen molar-refractivity contribution in [2.45, 2.75) is 38.3 Å². The van der Waals surface area contributed by atoms with Crippen molar-refractivity contribution in [1.29, 1.82) is 0 Å². The van der Waals surface area contributed by atoms with Crippen LogP contribution in [0.2, 0.25) is 0 Å². The lowest BCUT2D eigenvalue weighted by molar-refractivity contribution is -0.138. The Morgan fingerprint density at radius 1 is 1.12 bits per heavy atom. The maximum atomic E-state index is 13.3. The molecule has 2 amide bonds. The lowest BCUT2D eigenvalue weighted by Gasteiger charge is -2.38. The number of piperidine rings is 1. The molecule has 3 heterocycles. The van der Waals surface area contributed by atoms with Gasteiger partial charge in [-0.2, -0.15) is 0 Å². The van der Waals surface area contributed by atoms with E-state index in [1.807, 2.05) is 41.4 Å². The fourth-order valence-electron chi connectivity index (χ4n) is 5.23. The van der Waals surface area contributed by atoms with E-state index >= 15 is 0 Å². The first-order valence-electron chi connectivity index (χ1n) is 11.9. The van der Waals surface area contributed by atoms with E-state index in [9.17, 15) is 9.59 Å². The molecule has 0 saturated carbocycles. The zero-order valence-corrected chi connectivity index (χ0v) is 20.0. The molecule has 0 bridgehead atoms. The van der Waals surface area contributed by atoms with Crippen LogP contribution in [-0.4, -0.2) is 67.5 Å². The average Bonchev–Trinajstić information content (AvgIpc) is 3.17. The average molecular weight is 467 g/mol. The molecule has 182 valence electrons. The van der Waals surface area contributed by atoms with Gasteiger partial charge >= 0.3 is 0 Å². The molecule has 1 aromatic heterocycles. The van der Waals surface area contributed by atoms with Crippen molar-refractivity contribution in [3.8, 4) is 11.5 Å². The Morgan fingerprint density at radius 2 is 1.88 bits per heavy atom. The molecule has 2 aliphatic rings. The fraction of sp³-hybridized carbons (Fsp3) is 0.500. The highest BCUT2D eigenvalue weighted by atomic mass is 16.5. The minimum atomic E-state index is -0.220. The molecule has 34 heavy (non-hydrogen) atoms. The van der Waals surface area contributed by atoms with Gasteiger partial charge in [-0.25, -0.2) is 0 Å². The van der Waals surface area contributed by atoms with Crippen LogP contribution in [-0.2, 0) is 16.1 Å².